The van der Waals surface area contributed by atoms with Crippen molar-refractivity contribution in [2.75, 3.05) is 59.0 Å². The minimum Gasteiger partial charge on any atom is -0.469 e. The number of ketones is 1. The van der Waals surface area contributed by atoms with Gasteiger partial charge in [-0.15, -0.1) is 0 Å². The highest BCUT2D eigenvalue weighted by atomic mass is 19.4. The van der Waals surface area contributed by atoms with E-state index in [0.717, 1.165) is 76.9 Å². The molecule has 2 unspecified atom stereocenters. The summed E-state index contributed by atoms with van der Waals surface area (Å²) in [6.07, 6.45) is -9.43. The van der Waals surface area contributed by atoms with Gasteiger partial charge >= 0.3 is 24.4 Å². The van der Waals surface area contributed by atoms with Gasteiger partial charge in [-0.05, 0) is 80.5 Å². The van der Waals surface area contributed by atoms with Crippen molar-refractivity contribution in [3.8, 4) is 11.1 Å². The molecule has 77 heavy (non-hydrogen) atoms. The van der Waals surface area contributed by atoms with Crippen molar-refractivity contribution in [2.45, 2.75) is 109 Å². The molecule has 16 nitrogen and oxygen atoms in total. The van der Waals surface area contributed by atoms with Gasteiger partial charge in [-0.2, -0.15) is 26.3 Å². The summed E-state index contributed by atoms with van der Waals surface area (Å²) in [5, 5.41) is 14.8. The summed E-state index contributed by atoms with van der Waals surface area (Å²) in [7, 11) is 3.18. The Kier molecular flexibility index (Phi) is 19.2. The molecule has 2 bridgehead atoms. The van der Waals surface area contributed by atoms with Gasteiger partial charge in [-0.1, -0.05) is 38.1 Å². The average molecular weight is 1100 g/mol. The molecule has 3 aromatic rings. The molecule has 5 N–H and O–H groups in total. The van der Waals surface area contributed by atoms with Crippen LogP contribution < -0.4 is 21.4 Å². The molecule has 3 aliphatic rings. The van der Waals surface area contributed by atoms with E-state index in [-0.39, 0.29) is 17.7 Å². The Hall–Kier alpha value is -6.24. The second-order valence-electron chi connectivity index (χ2n) is 20.9. The van der Waals surface area contributed by atoms with Gasteiger partial charge in [0.2, 0.25) is 5.91 Å². The lowest BCUT2D eigenvalue weighted by molar-refractivity contribution is -0.231. The number of amides is 2. The third-order valence-corrected chi connectivity index (χ3v) is 15.1. The van der Waals surface area contributed by atoms with E-state index in [0.29, 0.717) is 62.0 Å². The fourth-order valence-corrected chi connectivity index (χ4v) is 9.96. The first kappa shape index (κ1) is 60.0. The number of anilines is 1. The highest BCUT2D eigenvalue weighted by Gasteiger charge is 2.57. The average Bonchev–Trinajstić information content (AvgIpc) is 3.59. The number of aromatic nitrogens is 1. The summed E-state index contributed by atoms with van der Waals surface area (Å²) in [6, 6.07) is 11.2. The van der Waals surface area contributed by atoms with Crippen LogP contribution in [-0.4, -0.2) is 147 Å². The molecule has 3 saturated heterocycles. The molecule has 24 heteroatoms. The Bertz CT molecular complexity index is 2590. The van der Waals surface area contributed by atoms with Gasteiger partial charge in [0.05, 0.1) is 62.7 Å². The number of alkyl carbamates (subject to hydrolysis) is 1. The summed E-state index contributed by atoms with van der Waals surface area (Å²) in [5.41, 5.74) is 3.10. The molecule has 6 rings (SSSR count). The normalized spacial score (nSPS) is 19.4. The minimum absolute atomic E-state index is 0.115. The predicted octanol–water partition coefficient (Wildman–Crippen LogP) is 7.17. The number of Topliss-reactive ketones (excluding diaryl/α,β-unsaturated/α-hetero) is 1. The number of alkyl halides is 6. The van der Waals surface area contributed by atoms with Crippen molar-refractivity contribution in [1.29, 1.82) is 0 Å². The Balaban J connectivity index is 1.33. The Morgan fingerprint density at radius 2 is 1.48 bits per heavy atom. The van der Waals surface area contributed by atoms with Crippen LogP contribution in [-0.2, 0) is 41.6 Å². The minimum atomic E-state index is -5.11. The lowest BCUT2D eigenvalue weighted by atomic mass is 9.75. The van der Waals surface area contributed by atoms with Crippen molar-refractivity contribution in [1.82, 2.24) is 25.6 Å². The number of aliphatic hydroxyl groups excluding tert-OH is 1. The number of esters is 1. The maximum Gasteiger partial charge on any atom is 0.407 e. The van der Waals surface area contributed by atoms with Crippen LogP contribution in [0.25, 0.3) is 16.8 Å². The van der Waals surface area contributed by atoms with Gasteiger partial charge in [-0.25, -0.2) is 23.6 Å². The second-order valence-corrected chi connectivity index (χ2v) is 20.9. The van der Waals surface area contributed by atoms with Crippen molar-refractivity contribution in [2.24, 2.45) is 33.4 Å². The number of rotatable bonds is 22. The van der Waals surface area contributed by atoms with Gasteiger partial charge < -0.3 is 35.3 Å². The summed E-state index contributed by atoms with van der Waals surface area (Å²) in [4.78, 5) is 66.6. The third-order valence-electron chi connectivity index (χ3n) is 15.1. The zero-order valence-corrected chi connectivity index (χ0v) is 43.8. The van der Waals surface area contributed by atoms with E-state index in [2.05, 4.69) is 29.7 Å². The first-order chi connectivity index (χ1) is 36.1. The molecule has 422 valence electrons. The number of hydrazine groups is 1. The summed E-state index contributed by atoms with van der Waals surface area (Å²) >= 11 is 0. The standard InChI is InChI=1S/C53H66F8N8O8/c1-50(2,52(56,57)58)39(22-46(72)75-6)48(73)66-68(26-38-40(54)19-33(20-41(38)55)42(62)16-17-63-5)27-44(71)34(21-43(70)47(65-49(74)76-7)51(3,4)53(59,60)61)18-30-8-10-31(11-9-30)32-12-15-45(64-23-32)67-24-35-13-14-36(25-67)69(35)37-28-77-29-37/h8-12,15-17,19-20,23,34-37,39,44,47,71H,13-14,18,21-22,24-29,62H2,1-7H3,(H,65,74)(H,66,73)/t34-,35?,36?,39-,44+,47-/m1/s1. The highest BCUT2D eigenvalue weighted by molar-refractivity contribution is 5.89. The van der Waals surface area contributed by atoms with E-state index in [1.54, 1.807) is 30.5 Å². The van der Waals surface area contributed by atoms with Gasteiger partial charge in [0, 0.05) is 86.5 Å². The molecule has 0 radical (unpaired) electrons. The number of benzene rings is 2. The van der Waals surface area contributed by atoms with Crippen molar-refractivity contribution in [3.05, 3.63) is 89.1 Å². The van der Waals surface area contributed by atoms with Crippen molar-refractivity contribution in [3.63, 3.8) is 0 Å². The molecule has 0 saturated carbocycles. The van der Waals surface area contributed by atoms with Crippen molar-refractivity contribution >= 4 is 41.5 Å². The van der Waals surface area contributed by atoms with E-state index in [9.17, 15) is 50.6 Å². The molecule has 2 aromatic carbocycles. The van der Waals surface area contributed by atoms with Crippen LogP contribution >= 0.6 is 0 Å². The number of nitrogens with one attached hydrogen (secondary N) is 2. The molecular formula is C53H66F8N8O8. The van der Waals surface area contributed by atoms with Crippen LogP contribution in [0.3, 0.4) is 0 Å². The topological polar surface area (TPSA) is 201 Å². The number of aliphatic hydroxyl groups is 1. The van der Waals surface area contributed by atoms with E-state index in [4.69, 9.17) is 15.5 Å². The number of nitrogens with two attached hydrogens (primary N) is 1. The molecule has 0 aliphatic carbocycles. The maximum absolute atomic E-state index is 16.0. The first-order valence-electron chi connectivity index (χ1n) is 24.9. The zero-order chi connectivity index (χ0) is 56.8. The highest BCUT2D eigenvalue weighted by Crippen LogP contribution is 2.46. The van der Waals surface area contributed by atoms with Gasteiger partial charge in [0.1, 0.15) is 23.5 Å². The van der Waals surface area contributed by atoms with Crippen LogP contribution in [0.15, 0.2) is 65.8 Å². The smallest absolute Gasteiger partial charge is 0.407 e. The number of halogens is 8. The van der Waals surface area contributed by atoms with Crippen LogP contribution in [0, 0.1) is 34.3 Å². The Morgan fingerprint density at radius 1 is 0.883 bits per heavy atom. The molecule has 0 spiro atoms. The number of carbonyl (C=O) groups is 4. The number of piperazine rings is 1. The van der Waals surface area contributed by atoms with Gasteiger partial charge in [-0.3, -0.25) is 29.7 Å². The van der Waals surface area contributed by atoms with Crippen molar-refractivity contribution < 1.29 is 73.6 Å². The predicted molar refractivity (Wildman–Crippen MR) is 269 cm³/mol. The Morgan fingerprint density at radius 3 is 1.99 bits per heavy atom. The maximum atomic E-state index is 16.0. The first-order valence-corrected chi connectivity index (χ1v) is 24.9. The number of ether oxygens (including phenoxy) is 3. The fourth-order valence-electron chi connectivity index (χ4n) is 9.96. The van der Waals surface area contributed by atoms with E-state index in [1.807, 2.05) is 17.4 Å². The molecular weight excluding hydrogens is 1030 g/mol. The summed E-state index contributed by atoms with van der Waals surface area (Å²) < 4.78 is 134. The van der Waals surface area contributed by atoms with Crippen LogP contribution in [0.4, 0.5) is 45.7 Å². The molecule has 3 aliphatic heterocycles. The van der Waals surface area contributed by atoms with E-state index < -0.39 is 114 Å². The summed E-state index contributed by atoms with van der Waals surface area (Å²) in [5.74, 6) is -9.32. The monoisotopic (exact) mass is 1090 g/mol. The fraction of sp³-hybridized carbons (Fsp3) is 0.547. The number of methoxy groups -OCH3 is 2. The van der Waals surface area contributed by atoms with Crippen LogP contribution in [0.5, 0.6) is 0 Å². The number of hydrogen-bond acceptors (Lipinski definition) is 14. The van der Waals surface area contributed by atoms with E-state index >= 15 is 8.78 Å². The van der Waals surface area contributed by atoms with Gasteiger partial charge in [0.15, 0.2) is 5.78 Å². The number of allylic oxidation sites excluding steroid dienone is 1. The van der Waals surface area contributed by atoms with Crippen LogP contribution in [0.2, 0.25) is 0 Å². The number of fused-ring (bicyclic) bond motifs is 2. The van der Waals surface area contributed by atoms with Gasteiger partial charge in [0.25, 0.3) is 0 Å². The number of hydrogen-bond donors (Lipinski definition) is 4. The number of carbonyl (C=O) groups excluding carboxylic acids is 4. The molecule has 3 fully saturated rings. The quantitative estimate of drug-likeness (QED) is 0.0342. The number of aliphatic imine (C=N–C) groups is 1. The zero-order valence-electron chi connectivity index (χ0n) is 43.8. The SMILES string of the molecule is CN=CC=C(N)c1cc(F)c(CN(C[C@H](O)[C@@H](CC(=O)[C@@H](NC(=O)OC)C(C)(C)C(F)(F)F)Cc2ccc(-c3ccc(N4CC5CCC(C4)N5C4COC4)nc3)cc2)NC(=O)[C@@H](CC(=O)OC)C(C)(C)C(F)(F)F)c(F)c1. The molecule has 1 aromatic heterocycles. The number of pyridine rings is 1. The largest absolute Gasteiger partial charge is 0.469 e. The number of nitrogens with zero attached hydrogens (tertiary/aromatic N) is 5. The molecule has 2 amide bonds. The van der Waals surface area contributed by atoms with Crippen LogP contribution in [0.1, 0.15) is 70.1 Å². The van der Waals surface area contributed by atoms with E-state index in [1.165, 1.54) is 19.3 Å². The molecule has 6 atom stereocenters. The Labute approximate surface area is 441 Å². The second kappa shape index (κ2) is 24.6. The third kappa shape index (κ3) is 14.1. The lowest BCUT2D eigenvalue weighted by Crippen LogP contribution is -2.62. The lowest BCUT2D eigenvalue weighted by Gasteiger charge is -2.48. The summed E-state index contributed by atoms with van der Waals surface area (Å²) in [6.45, 7) is 3.85. The molecule has 4 heterocycles.